The summed E-state index contributed by atoms with van der Waals surface area (Å²) in [5.74, 6) is -0.126. The van der Waals surface area contributed by atoms with Crippen molar-refractivity contribution >= 4 is 11.6 Å². The Morgan fingerprint density at radius 3 is 3.16 bits per heavy atom. The van der Waals surface area contributed by atoms with Crippen molar-refractivity contribution in [2.45, 2.75) is 13.0 Å². The second kappa shape index (κ2) is 5.99. The van der Waals surface area contributed by atoms with E-state index in [1.165, 1.54) is 0 Å². The van der Waals surface area contributed by atoms with Crippen LogP contribution in [0.1, 0.15) is 16.1 Å². The lowest BCUT2D eigenvalue weighted by molar-refractivity contribution is -0.0183. The van der Waals surface area contributed by atoms with Gasteiger partial charge in [-0.15, -0.1) is 0 Å². The lowest BCUT2D eigenvalue weighted by Crippen LogP contribution is -2.50. The number of ether oxygens (including phenoxy) is 1. The van der Waals surface area contributed by atoms with E-state index in [-0.39, 0.29) is 18.6 Å². The molecule has 2 heterocycles. The molecule has 1 saturated heterocycles. The predicted octanol–water partition coefficient (Wildman–Crippen LogP) is 0.265. The van der Waals surface area contributed by atoms with E-state index in [0.29, 0.717) is 25.3 Å². The minimum absolute atomic E-state index is 0.0973. The number of aromatic nitrogens is 1. The number of hydrogen-bond donors (Lipinski definition) is 2. The zero-order valence-electron chi connectivity index (χ0n) is 11.2. The number of carbonyl (C=O) groups is 1. The fourth-order valence-corrected chi connectivity index (χ4v) is 2.17. The van der Waals surface area contributed by atoms with Crippen molar-refractivity contribution in [1.82, 2.24) is 9.88 Å². The molecule has 6 heteroatoms. The van der Waals surface area contributed by atoms with Crippen molar-refractivity contribution < 1.29 is 14.6 Å². The van der Waals surface area contributed by atoms with Gasteiger partial charge >= 0.3 is 0 Å². The number of aryl methyl sites for hydroxylation is 1. The maximum atomic E-state index is 12.5. The topological polar surface area (TPSA) is 74.7 Å². The van der Waals surface area contributed by atoms with Gasteiger partial charge in [0.25, 0.3) is 5.91 Å². The van der Waals surface area contributed by atoms with Gasteiger partial charge < -0.3 is 20.1 Å². The molecule has 104 valence electrons. The van der Waals surface area contributed by atoms with Gasteiger partial charge in [-0.3, -0.25) is 9.78 Å². The number of aliphatic hydroxyl groups excluding tert-OH is 1. The van der Waals surface area contributed by atoms with E-state index in [9.17, 15) is 9.90 Å². The lowest BCUT2D eigenvalue weighted by Gasteiger charge is -2.34. The van der Waals surface area contributed by atoms with Gasteiger partial charge in [0.1, 0.15) is 0 Å². The number of rotatable bonds is 3. The maximum Gasteiger partial charge on any atom is 0.258 e. The lowest BCUT2D eigenvalue weighted by atomic mass is 10.1. The highest BCUT2D eigenvalue weighted by Crippen LogP contribution is 2.19. The second-order valence-corrected chi connectivity index (χ2v) is 4.53. The van der Waals surface area contributed by atoms with Crippen molar-refractivity contribution in [2.24, 2.45) is 0 Å². The largest absolute Gasteiger partial charge is 0.394 e. The Balaban J connectivity index is 2.27. The van der Waals surface area contributed by atoms with Crippen LogP contribution in [0, 0.1) is 6.92 Å². The number of nitrogens with zero attached hydrogens (tertiary/aromatic N) is 2. The molecule has 0 aliphatic carbocycles. The molecule has 1 aliphatic heterocycles. The van der Waals surface area contributed by atoms with Gasteiger partial charge in [0.05, 0.1) is 37.1 Å². The summed E-state index contributed by atoms with van der Waals surface area (Å²) in [6.07, 6.45) is 1.58. The van der Waals surface area contributed by atoms with Crippen LogP contribution >= 0.6 is 0 Å². The number of pyridine rings is 1. The molecule has 2 rings (SSSR count). The molecule has 1 aromatic rings. The molecule has 19 heavy (non-hydrogen) atoms. The highest BCUT2D eigenvalue weighted by Gasteiger charge is 2.28. The first kappa shape index (κ1) is 13.8. The zero-order valence-corrected chi connectivity index (χ0v) is 11.2. The van der Waals surface area contributed by atoms with Gasteiger partial charge in [-0.1, -0.05) is 0 Å². The fourth-order valence-electron chi connectivity index (χ4n) is 2.17. The summed E-state index contributed by atoms with van der Waals surface area (Å²) in [5.41, 5.74) is 2.12. The molecule has 0 spiro atoms. The third-order valence-electron chi connectivity index (χ3n) is 3.24. The van der Waals surface area contributed by atoms with E-state index >= 15 is 0 Å². The minimum atomic E-state index is -0.285. The van der Waals surface area contributed by atoms with E-state index in [1.54, 1.807) is 18.1 Å². The quantitative estimate of drug-likeness (QED) is 0.820. The summed E-state index contributed by atoms with van der Waals surface area (Å²) in [5, 5.41) is 12.3. The minimum Gasteiger partial charge on any atom is -0.394 e. The molecule has 1 aromatic heterocycles. The zero-order chi connectivity index (χ0) is 13.8. The molecule has 0 aromatic carbocycles. The van der Waals surface area contributed by atoms with Crippen molar-refractivity contribution in [2.75, 3.05) is 38.7 Å². The van der Waals surface area contributed by atoms with Crippen LogP contribution in [0.15, 0.2) is 12.3 Å². The van der Waals surface area contributed by atoms with E-state index in [0.717, 1.165) is 11.4 Å². The van der Waals surface area contributed by atoms with Gasteiger partial charge in [0.15, 0.2) is 0 Å². The Morgan fingerprint density at radius 1 is 1.68 bits per heavy atom. The van der Waals surface area contributed by atoms with Crippen LogP contribution in [-0.4, -0.2) is 60.4 Å². The number of amides is 1. The normalized spacial score (nSPS) is 19.3. The number of anilines is 1. The van der Waals surface area contributed by atoms with E-state index < -0.39 is 0 Å². The molecular weight excluding hydrogens is 246 g/mol. The van der Waals surface area contributed by atoms with Gasteiger partial charge in [-0.2, -0.15) is 0 Å². The summed E-state index contributed by atoms with van der Waals surface area (Å²) in [6.45, 7) is 3.13. The third kappa shape index (κ3) is 2.85. The first-order valence-corrected chi connectivity index (χ1v) is 6.31. The molecule has 0 bridgehead atoms. The molecule has 0 saturated carbocycles. The average Bonchev–Trinajstić information content (AvgIpc) is 2.46. The standard InChI is InChI=1S/C13H19N3O3/c1-9-5-12(14-2)11(6-15-9)13(18)16-3-4-19-8-10(16)7-17/h5-6,10,17H,3-4,7-8H2,1-2H3,(H,14,15). The van der Waals surface area contributed by atoms with Crippen LogP contribution in [-0.2, 0) is 4.74 Å². The first-order chi connectivity index (χ1) is 9.17. The van der Waals surface area contributed by atoms with Crippen LogP contribution in [0.3, 0.4) is 0 Å². The van der Waals surface area contributed by atoms with Gasteiger partial charge in [0, 0.05) is 25.5 Å². The average molecular weight is 265 g/mol. The summed E-state index contributed by atoms with van der Waals surface area (Å²) < 4.78 is 5.28. The fraction of sp³-hybridized carbons (Fsp3) is 0.538. The van der Waals surface area contributed by atoms with E-state index in [2.05, 4.69) is 10.3 Å². The molecule has 2 N–H and O–H groups in total. The summed E-state index contributed by atoms with van der Waals surface area (Å²) in [6, 6.07) is 1.55. The number of nitrogens with one attached hydrogen (secondary N) is 1. The Hall–Kier alpha value is -1.66. The summed E-state index contributed by atoms with van der Waals surface area (Å²) >= 11 is 0. The number of carbonyl (C=O) groups excluding carboxylic acids is 1. The first-order valence-electron chi connectivity index (χ1n) is 6.31. The molecule has 1 unspecified atom stereocenters. The molecule has 6 nitrogen and oxygen atoms in total. The number of morpholine rings is 1. The van der Waals surface area contributed by atoms with E-state index in [1.807, 2.05) is 13.0 Å². The molecule has 1 aliphatic rings. The second-order valence-electron chi connectivity index (χ2n) is 4.53. The highest BCUT2D eigenvalue weighted by molar-refractivity contribution is 5.99. The van der Waals surface area contributed by atoms with Gasteiger partial charge in [0.2, 0.25) is 0 Å². The molecule has 1 fully saturated rings. The molecule has 1 atom stereocenters. The van der Waals surface area contributed by atoms with Crippen LogP contribution in [0.5, 0.6) is 0 Å². The Kier molecular flexibility index (Phi) is 4.34. The van der Waals surface area contributed by atoms with Crippen molar-refractivity contribution in [3.05, 3.63) is 23.5 Å². The van der Waals surface area contributed by atoms with Gasteiger partial charge in [-0.05, 0) is 13.0 Å². The summed E-state index contributed by atoms with van der Waals surface area (Å²) in [4.78, 5) is 18.4. The smallest absolute Gasteiger partial charge is 0.258 e. The SMILES string of the molecule is CNc1cc(C)ncc1C(=O)N1CCOCC1CO. The van der Waals surface area contributed by atoms with Crippen LogP contribution in [0.4, 0.5) is 5.69 Å². The van der Waals surface area contributed by atoms with Crippen molar-refractivity contribution in [3.63, 3.8) is 0 Å². The highest BCUT2D eigenvalue weighted by atomic mass is 16.5. The number of aliphatic hydroxyl groups is 1. The Bertz CT molecular complexity index is 464. The van der Waals surface area contributed by atoms with Crippen LogP contribution in [0.2, 0.25) is 0 Å². The summed E-state index contributed by atoms with van der Waals surface area (Å²) in [7, 11) is 1.77. The predicted molar refractivity (Wildman–Crippen MR) is 71.3 cm³/mol. The maximum absolute atomic E-state index is 12.5. The molecule has 0 radical (unpaired) electrons. The Labute approximate surface area is 112 Å². The molecular formula is C13H19N3O3. The van der Waals surface area contributed by atoms with Crippen LogP contribution in [0.25, 0.3) is 0 Å². The monoisotopic (exact) mass is 265 g/mol. The Morgan fingerprint density at radius 2 is 2.47 bits per heavy atom. The van der Waals surface area contributed by atoms with E-state index in [4.69, 9.17) is 4.74 Å². The van der Waals surface area contributed by atoms with Crippen molar-refractivity contribution in [1.29, 1.82) is 0 Å². The number of hydrogen-bond acceptors (Lipinski definition) is 5. The van der Waals surface area contributed by atoms with Crippen molar-refractivity contribution in [3.8, 4) is 0 Å². The third-order valence-corrected chi connectivity index (χ3v) is 3.24. The molecule has 1 amide bonds. The van der Waals surface area contributed by atoms with Crippen LogP contribution < -0.4 is 5.32 Å². The van der Waals surface area contributed by atoms with Gasteiger partial charge in [-0.25, -0.2) is 0 Å².